The fraction of sp³-hybridized carbons (Fsp3) is 0.375. The molecule has 0 atom stereocenters. The van der Waals surface area contributed by atoms with Crippen molar-refractivity contribution in [3.05, 3.63) is 6.20 Å². The van der Waals surface area contributed by atoms with E-state index in [0.717, 1.165) is 0 Å². The van der Waals surface area contributed by atoms with Gasteiger partial charge in [-0.05, 0) is 0 Å². The van der Waals surface area contributed by atoms with Gasteiger partial charge in [-0.3, -0.25) is 4.79 Å². The van der Waals surface area contributed by atoms with Crippen molar-refractivity contribution in [2.75, 3.05) is 36.2 Å². The number of nitrogens with two attached hydrogens (primary N) is 1. The number of fused-ring (bicyclic) bond motifs is 1. The molecule has 0 spiro atoms. The van der Waals surface area contributed by atoms with Crippen molar-refractivity contribution in [2.24, 2.45) is 0 Å². The van der Waals surface area contributed by atoms with Gasteiger partial charge in [0, 0.05) is 14.1 Å². The Bertz CT molecular complexity index is 391. The average Bonchev–Trinajstić information content (AvgIpc) is 2.14. The average molecular weight is 193 g/mol. The molecule has 0 aliphatic carbocycles. The predicted octanol–water partition coefficient (Wildman–Crippen LogP) is -0.529. The highest BCUT2D eigenvalue weighted by molar-refractivity contribution is 6.01. The molecular formula is C8H11N5O. The quantitative estimate of drug-likeness (QED) is 0.599. The van der Waals surface area contributed by atoms with Gasteiger partial charge in [-0.2, -0.15) is 4.98 Å². The molecule has 1 amide bonds. The topological polar surface area (TPSA) is 75.4 Å². The van der Waals surface area contributed by atoms with Crippen molar-refractivity contribution < 1.29 is 4.79 Å². The standard InChI is InChI=1S/C8H11N5O/c1-12-4-6(14)13(2)5-3-10-8(9)11-7(5)12/h3H,4H2,1-2H3,(H2,9,10,11). The summed E-state index contributed by atoms with van der Waals surface area (Å²) in [5.41, 5.74) is 6.16. The molecular weight excluding hydrogens is 182 g/mol. The third-order valence-electron chi connectivity index (χ3n) is 2.24. The number of aromatic nitrogens is 2. The van der Waals surface area contributed by atoms with E-state index in [1.54, 1.807) is 25.2 Å². The first-order valence-corrected chi connectivity index (χ1v) is 4.20. The highest BCUT2D eigenvalue weighted by Crippen LogP contribution is 2.28. The lowest BCUT2D eigenvalue weighted by Crippen LogP contribution is -2.42. The van der Waals surface area contributed by atoms with E-state index in [1.807, 2.05) is 0 Å². The lowest BCUT2D eigenvalue weighted by molar-refractivity contribution is -0.117. The van der Waals surface area contributed by atoms with Gasteiger partial charge in [0.15, 0.2) is 5.82 Å². The van der Waals surface area contributed by atoms with Gasteiger partial charge in [-0.15, -0.1) is 0 Å². The zero-order valence-corrected chi connectivity index (χ0v) is 8.06. The second-order valence-corrected chi connectivity index (χ2v) is 3.25. The monoisotopic (exact) mass is 193 g/mol. The minimum absolute atomic E-state index is 0.0216. The molecule has 0 saturated heterocycles. The Morgan fingerprint density at radius 1 is 1.50 bits per heavy atom. The Balaban J connectivity index is 2.55. The Morgan fingerprint density at radius 2 is 2.21 bits per heavy atom. The van der Waals surface area contributed by atoms with Crippen molar-refractivity contribution in [3.63, 3.8) is 0 Å². The van der Waals surface area contributed by atoms with Crippen molar-refractivity contribution >= 4 is 23.4 Å². The summed E-state index contributed by atoms with van der Waals surface area (Å²) < 4.78 is 0. The van der Waals surface area contributed by atoms with Crippen LogP contribution in [0.1, 0.15) is 0 Å². The number of hydrogen-bond acceptors (Lipinski definition) is 5. The summed E-state index contributed by atoms with van der Waals surface area (Å²) in [6.45, 7) is 0.319. The molecule has 1 aromatic rings. The first kappa shape index (κ1) is 8.74. The molecule has 0 radical (unpaired) electrons. The Hall–Kier alpha value is -1.85. The summed E-state index contributed by atoms with van der Waals surface area (Å²) in [6.07, 6.45) is 1.56. The van der Waals surface area contributed by atoms with Crippen LogP contribution in [-0.4, -0.2) is 36.5 Å². The molecule has 6 nitrogen and oxygen atoms in total. The summed E-state index contributed by atoms with van der Waals surface area (Å²) in [6, 6.07) is 0. The van der Waals surface area contributed by atoms with Crippen LogP contribution < -0.4 is 15.5 Å². The maximum atomic E-state index is 11.4. The molecule has 0 fully saturated rings. The van der Waals surface area contributed by atoms with Crippen LogP contribution >= 0.6 is 0 Å². The molecule has 2 rings (SSSR count). The van der Waals surface area contributed by atoms with E-state index in [4.69, 9.17) is 5.73 Å². The van der Waals surface area contributed by atoms with E-state index in [2.05, 4.69) is 9.97 Å². The summed E-state index contributed by atoms with van der Waals surface area (Å²) in [7, 11) is 3.50. The van der Waals surface area contributed by atoms with Gasteiger partial charge in [0.1, 0.15) is 5.69 Å². The van der Waals surface area contributed by atoms with Gasteiger partial charge in [0.25, 0.3) is 0 Å². The SMILES string of the molecule is CN1CC(=O)N(C)c2cnc(N)nc21. The number of anilines is 3. The molecule has 14 heavy (non-hydrogen) atoms. The van der Waals surface area contributed by atoms with Crippen LogP contribution in [0.3, 0.4) is 0 Å². The summed E-state index contributed by atoms with van der Waals surface area (Å²) in [4.78, 5) is 22.7. The normalized spacial score (nSPS) is 15.7. The van der Waals surface area contributed by atoms with Crippen LogP contribution in [0.15, 0.2) is 6.20 Å². The van der Waals surface area contributed by atoms with Crippen molar-refractivity contribution in [2.45, 2.75) is 0 Å². The second kappa shape index (κ2) is 2.83. The van der Waals surface area contributed by atoms with E-state index >= 15 is 0 Å². The largest absolute Gasteiger partial charge is 0.368 e. The lowest BCUT2D eigenvalue weighted by Gasteiger charge is -2.31. The molecule has 0 unspecified atom stereocenters. The molecule has 6 heteroatoms. The van der Waals surface area contributed by atoms with Crippen LogP contribution in [-0.2, 0) is 4.79 Å². The van der Waals surface area contributed by atoms with Gasteiger partial charge in [0.2, 0.25) is 11.9 Å². The van der Waals surface area contributed by atoms with Gasteiger partial charge in [-0.1, -0.05) is 0 Å². The number of nitrogens with zero attached hydrogens (tertiary/aromatic N) is 4. The predicted molar refractivity (Wildman–Crippen MR) is 53.1 cm³/mol. The molecule has 0 aromatic carbocycles. The Labute approximate surface area is 81.3 Å². The molecule has 74 valence electrons. The minimum atomic E-state index is 0.0216. The van der Waals surface area contributed by atoms with Crippen LogP contribution in [0.25, 0.3) is 0 Å². The van der Waals surface area contributed by atoms with E-state index in [-0.39, 0.29) is 11.9 Å². The Morgan fingerprint density at radius 3 is 2.93 bits per heavy atom. The fourth-order valence-corrected chi connectivity index (χ4v) is 1.42. The molecule has 1 aromatic heterocycles. The first-order chi connectivity index (χ1) is 6.59. The second-order valence-electron chi connectivity index (χ2n) is 3.25. The summed E-state index contributed by atoms with van der Waals surface area (Å²) in [5, 5.41) is 0. The molecule has 2 heterocycles. The maximum absolute atomic E-state index is 11.4. The van der Waals surface area contributed by atoms with Crippen molar-refractivity contribution in [1.29, 1.82) is 0 Å². The van der Waals surface area contributed by atoms with Gasteiger partial charge < -0.3 is 15.5 Å². The highest BCUT2D eigenvalue weighted by Gasteiger charge is 2.25. The lowest BCUT2D eigenvalue weighted by atomic mass is 10.3. The number of carbonyl (C=O) groups excluding carboxylic acids is 1. The fourth-order valence-electron chi connectivity index (χ4n) is 1.42. The highest BCUT2D eigenvalue weighted by atomic mass is 16.2. The number of rotatable bonds is 0. The van der Waals surface area contributed by atoms with Crippen LogP contribution in [0.5, 0.6) is 0 Å². The van der Waals surface area contributed by atoms with Crippen molar-refractivity contribution in [3.8, 4) is 0 Å². The zero-order chi connectivity index (χ0) is 10.3. The van der Waals surface area contributed by atoms with Gasteiger partial charge >= 0.3 is 0 Å². The maximum Gasteiger partial charge on any atom is 0.246 e. The molecule has 1 aliphatic rings. The third-order valence-corrected chi connectivity index (χ3v) is 2.24. The molecule has 1 aliphatic heterocycles. The molecule has 0 saturated carbocycles. The third kappa shape index (κ3) is 1.15. The van der Waals surface area contributed by atoms with E-state index in [1.165, 1.54) is 4.90 Å². The number of hydrogen-bond donors (Lipinski definition) is 1. The molecule has 2 N–H and O–H groups in total. The number of nitrogen functional groups attached to an aromatic ring is 1. The minimum Gasteiger partial charge on any atom is -0.368 e. The number of likely N-dealkylation sites (N-methyl/N-ethyl adjacent to an activating group) is 2. The van der Waals surface area contributed by atoms with E-state index in [9.17, 15) is 4.79 Å². The van der Waals surface area contributed by atoms with E-state index < -0.39 is 0 Å². The number of carbonyl (C=O) groups is 1. The van der Waals surface area contributed by atoms with Crippen molar-refractivity contribution in [1.82, 2.24) is 9.97 Å². The van der Waals surface area contributed by atoms with Gasteiger partial charge in [-0.25, -0.2) is 4.98 Å². The van der Waals surface area contributed by atoms with Crippen LogP contribution in [0.2, 0.25) is 0 Å². The molecule has 0 bridgehead atoms. The summed E-state index contributed by atoms with van der Waals surface area (Å²) in [5.74, 6) is 0.936. The van der Waals surface area contributed by atoms with Gasteiger partial charge in [0.05, 0.1) is 12.7 Å². The van der Waals surface area contributed by atoms with Crippen LogP contribution in [0, 0.1) is 0 Å². The first-order valence-electron chi connectivity index (χ1n) is 4.20. The smallest absolute Gasteiger partial charge is 0.246 e. The van der Waals surface area contributed by atoms with Crippen LogP contribution in [0.4, 0.5) is 17.5 Å². The number of amides is 1. The summed E-state index contributed by atoms with van der Waals surface area (Å²) >= 11 is 0. The van der Waals surface area contributed by atoms with E-state index in [0.29, 0.717) is 18.1 Å². The Kier molecular flexibility index (Phi) is 1.77. The zero-order valence-electron chi connectivity index (χ0n) is 8.06.